The molecule has 1 N–H and O–H groups in total. The molecule has 0 aromatic heterocycles. The number of anilines is 2. The van der Waals surface area contributed by atoms with E-state index in [2.05, 4.69) is 5.32 Å². The van der Waals surface area contributed by atoms with Crippen LogP contribution < -0.4 is 15.0 Å². The van der Waals surface area contributed by atoms with Crippen LogP contribution in [0.1, 0.15) is 0 Å². The van der Waals surface area contributed by atoms with Crippen molar-refractivity contribution in [2.24, 2.45) is 0 Å². The van der Waals surface area contributed by atoms with E-state index in [4.69, 9.17) is 27.9 Å². The Morgan fingerprint density at radius 2 is 1.54 bits per heavy atom. The van der Waals surface area contributed by atoms with E-state index in [0.29, 0.717) is 22.1 Å². The molecule has 1 aliphatic heterocycles. The summed E-state index contributed by atoms with van der Waals surface area (Å²) in [6.07, 6.45) is 0. The Labute approximate surface area is 148 Å². The Bertz CT molecular complexity index is 830. The molecule has 0 spiro atoms. The SMILES string of the molecule is COc1ccc(NC2=C(Cl)C(=O)N(c3ccc(Cl)cc3)C2=O)cc1. The fourth-order valence-electron chi connectivity index (χ4n) is 2.25. The van der Waals surface area contributed by atoms with Gasteiger partial charge in [-0.25, -0.2) is 4.90 Å². The van der Waals surface area contributed by atoms with Gasteiger partial charge in [-0.3, -0.25) is 9.59 Å². The Kier molecular flexibility index (Phi) is 4.46. The van der Waals surface area contributed by atoms with E-state index < -0.39 is 11.8 Å². The predicted octanol–water partition coefficient (Wildman–Crippen LogP) is 3.78. The van der Waals surface area contributed by atoms with Crippen molar-refractivity contribution in [3.8, 4) is 5.75 Å². The van der Waals surface area contributed by atoms with Crippen molar-refractivity contribution in [1.29, 1.82) is 0 Å². The maximum atomic E-state index is 12.6. The van der Waals surface area contributed by atoms with Crippen molar-refractivity contribution in [1.82, 2.24) is 0 Å². The summed E-state index contributed by atoms with van der Waals surface area (Å²) >= 11 is 11.9. The number of hydrogen-bond acceptors (Lipinski definition) is 4. The molecule has 0 fully saturated rings. The molecular formula is C17H12Cl2N2O3. The first kappa shape index (κ1) is 16.4. The van der Waals surface area contributed by atoms with Crippen molar-refractivity contribution in [2.75, 3.05) is 17.3 Å². The third kappa shape index (κ3) is 2.96. The van der Waals surface area contributed by atoms with Crippen LogP contribution in [0.5, 0.6) is 5.75 Å². The number of imide groups is 1. The minimum atomic E-state index is -0.583. The molecule has 1 heterocycles. The predicted molar refractivity (Wildman–Crippen MR) is 93.4 cm³/mol. The average molecular weight is 363 g/mol. The average Bonchev–Trinajstić information content (AvgIpc) is 2.80. The number of carbonyl (C=O) groups is 2. The zero-order chi connectivity index (χ0) is 17.3. The summed E-state index contributed by atoms with van der Waals surface area (Å²) in [5.41, 5.74) is 1.05. The minimum absolute atomic E-state index is 0.0294. The Morgan fingerprint density at radius 1 is 0.917 bits per heavy atom. The van der Waals surface area contributed by atoms with Gasteiger partial charge in [0.15, 0.2) is 0 Å². The van der Waals surface area contributed by atoms with Gasteiger partial charge in [-0.05, 0) is 48.5 Å². The number of hydrogen-bond donors (Lipinski definition) is 1. The molecule has 0 saturated heterocycles. The normalized spacial score (nSPS) is 14.4. The molecule has 3 rings (SSSR count). The fourth-order valence-corrected chi connectivity index (χ4v) is 2.59. The molecule has 0 aliphatic carbocycles. The lowest BCUT2D eigenvalue weighted by atomic mass is 10.2. The Hall–Kier alpha value is -2.50. The van der Waals surface area contributed by atoms with Crippen molar-refractivity contribution >= 4 is 46.4 Å². The van der Waals surface area contributed by atoms with E-state index in [0.717, 1.165) is 4.90 Å². The number of nitrogens with one attached hydrogen (secondary N) is 1. The van der Waals surface area contributed by atoms with Gasteiger partial charge in [0.1, 0.15) is 16.5 Å². The van der Waals surface area contributed by atoms with E-state index in [9.17, 15) is 9.59 Å². The molecule has 2 aromatic rings. The number of amides is 2. The Morgan fingerprint density at radius 3 is 2.12 bits per heavy atom. The van der Waals surface area contributed by atoms with Crippen LogP contribution in [0.2, 0.25) is 5.02 Å². The molecule has 1 aliphatic rings. The summed E-state index contributed by atoms with van der Waals surface area (Å²) in [4.78, 5) is 25.9. The highest BCUT2D eigenvalue weighted by molar-refractivity contribution is 6.53. The minimum Gasteiger partial charge on any atom is -0.497 e. The highest BCUT2D eigenvalue weighted by Crippen LogP contribution is 2.31. The molecular weight excluding hydrogens is 351 g/mol. The summed E-state index contributed by atoms with van der Waals surface area (Å²) in [5, 5.41) is 3.23. The van der Waals surface area contributed by atoms with Gasteiger partial charge in [-0.2, -0.15) is 0 Å². The first-order valence-corrected chi connectivity index (χ1v) is 7.72. The summed E-state index contributed by atoms with van der Waals surface area (Å²) in [5.74, 6) is -0.430. The third-order valence-corrected chi connectivity index (χ3v) is 4.07. The van der Waals surface area contributed by atoms with Crippen molar-refractivity contribution in [3.63, 3.8) is 0 Å². The molecule has 2 amide bonds. The second-order valence-corrected chi connectivity index (χ2v) is 5.78. The number of methoxy groups -OCH3 is 1. The maximum absolute atomic E-state index is 12.6. The monoisotopic (exact) mass is 362 g/mol. The zero-order valence-electron chi connectivity index (χ0n) is 12.5. The second kappa shape index (κ2) is 6.55. The summed E-state index contributed by atoms with van der Waals surface area (Å²) in [6, 6.07) is 13.3. The lowest BCUT2D eigenvalue weighted by Gasteiger charge is -2.15. The molecule has 0 bridgehead atoms. The maximum Gasteiger partial charge on any atom is 0.283 e. The standard InChI is InChI=1S/C17H12Cl2N2O3/c1-24-13-8-4-11(5-9-13)20-15-14(19)16(22)21(17(15)23)12-6-2-10(18)3-7-12/h2-9,20H,1H3. The summed E-state index contributed by atoms with van der Waals surface area (Å²) in [6.45, 7) is 0. The largest absolute Gasteiger partial charge is 0.497 e. The van der Waals surface area contributed by atoms with E-state index in [-0.39, 0.29) is 10.7 Å². The van der Waals surface area contributed by atoms with Gasteiger partial charge < -0.3 is 10.1 Å². The Balaban J connectivity index is 1.87. The number of carbonyl (C=O) groups excluding carboxylic acids is 2. The number of rotatable bonds is 4. The molecule has 24 heavy (non-hydrogen) atoms. The van der Waals surface area contributed by atoms with Crippen molar-refractivity contribution in [3.05, 3.63) is 64.3 Å². The summed E-state index contributed by atoms with van der Waals surface area (Å²) < 4.78 is 5.08. The van der Waals surface area contributed by atoms with Crippen LogP contribution >= 0.6 is 23.2 Å². The van der Waals surface area contributed by atoms with Gasteiger partial charge in [0.25, 0.3) is 11.8 Å². The third-order valence-electron chi connectivity index (χ3n) is 3.47. The quantitative estimate of drug-likeness (QED) is 0.840. The fraction of sp³-hybridized carbons (Fsp3) is 0.0588. The first-order valence-electron chi connectivity index (χ1n) is 6.96. The topological polar surface area (TPSA) is 58.6 Å². The number of halogens is 2. The smallest absolute Gasteiger partial charge is 0.283 e. The number of nitrogens with zero attached hydrogens (tertiary/aromatic N) is 1. The number of benzene rings is 2. The van der Waals surface area contributed by atoms with Crippen LogP contribution in [0.15, 0.2) is 59.3 Å². The molecule has 0 saturated carbocycles. The number of ether oxygens (including phenoxy) is 1. The van der Waals surface area contributed by atoms with E-state index in [1.165, 1.54) is 0 Å². The van der Waals surface area contributed by atoms with Gasteiger partial charge in [-0.1, -0.05) is 23.2 Å². The van der Waals surface area contributed by atoms with Gasteiger partial charge in [0.05, 0.1) is 12.8 Å². The molecule has 7 heteroatoms. The second-order valence-electron chi connectivity index (χ2n) is 4.96. The molecule has 0 radical (unpaired) electrons. The highest BCUT2D eigenvalue weighted by Gasteiger charge is 2.38. The van der Waals surface area contributed by atoms with E-state index in [1.54, 1.807) is 55.6 Å². The molecule has 122 valence electrons. The van der Waals surface area contributed by atoms with Crippen molar-refractivity contribution < 1.29 is 14.3 Å². The van der Waals surface area contributed by atoms with Gasteiger partial charge in [-0.15, -0.1) is 0 Å². The lowest BCUT2D eigenvalue weighted by molar-refractivity contribution is -0.120. The van der Waals surface area contributed by atoms with Crippen LogP contribution in [0.3, 0.4) is 0 Å². The van der Waals surface area contributed by atoms with Gasteiger partial charge in [0.2, 0.25) is 0 Å². The van der Waals surface area contributed by atoms with Crippen LogP contribution in [-0.4, -0.2) is 18.9 Å². The van der Waals surface area contributed by atoms with Crippen LogP contribution in [0, 0.1) is 0 Å². The van der Waals surface area contributed by atoms with Crippen LogP contribution in [-0.2, 0) is 9.59 Å². The zero-order valence-corrected chi connectivity index (χ0v) is 14.1. The molecule has 0 unspecified atom stereocenters. The summed E-state index contributed by atoms with van der Waals surface area (Å²) in [7, 11) is 1.56. The van der Waals surface area contributed by atoms with Gasteiger partial charge in [0, 0.05) is 10.7 Å². The van der Waals surface area contributed by atoms with Crippen LogP contribution in [0.4, 0.5) is 11.4 Å². The highest BCUT2D eigenvalue weighted by atomic mass is 35.5. The molecule has 2 aromatic carbocycles. The first-order chi connectivity index (χ1) is 11.5. The molecule has 0 atom stereocenters. The molecule has 5 nitrogen and oxygen atoms in total. The van der Waals surface area contributed by atoms with E-state index >= 15 is 0 Å². The van der Waals surface area contributed by atoms with Gasteiger partial charge >= 0.3 is 0 Å². The van der Waals surface area contributed by atoms with Crippen molar-refractivity contribution in [2.45, 2.75) is 0 Å². The van der Waals surface area contributed by atoms with E-state index in [1.807, 2.05) is 0 Å². The lowest BCUT2D eigenvalue weighted by Crippen LogP contribution is -2.32. The van der Waals surface area contributed by atoms with Crippen LogP contribution in [0.25, 0.3) is 0 Å².